The number of hydrogen-bond donors (Lipinski definition) is 0. The molecular weight excluding hydrogens is 358 g/mol. The molecule has 0 radical (unpaired) electrons. The first-order chi connectivity index (χ1) is 13.0. The van der Waals surface area contributed by atoms with Crippen LogP contribution in [0.25, 0.3) is 11.3 Å². The summed E-state index contributed by atoms with van der Waals surface area (Å²) in [6.45, 7) is 0. The fourth-order valence-corrected chi connectivity index (χ4v) is 5.25. The molecule has 4 nitrogen and oxygen atoms in total. The first kappa shape index (κ1) is 18.5. The van der Waals surface area contributed by atoms with Gasteiger partial charge in [0.2, 0.25) is 0 Å². The van der Waals surface area contributed by atoms with E-state index in [1.165, 1.54) is 25.5 Å². The molecule has 1 aromatic heterocycles. The van der Waals surface area contributed by atoms with E-state index < -0.39 is 9.84 Å². The Morgan fingerprint density at radius 3 is 2.48 bits per heavy atom. The lowest BCUT2D eigenvalue weighted by atomic mass is 9.88. The van der Waals surface area contributed by atoms with Gasteiger partial charge < -0.3 is 4.42 Å². The Morgan fingerprint density at radius 2 is 1.78 bits per heavy atom. The van der Waals surface area contributed by atoms with Gasteiger partial charge in [0, 0.05) is 23.7 Å². The van der Waals surface area contributed by atoms with E-state index in [0.717, 1.165) is 43.7 Å². The SMILES string of the molecule is CS(=O)(=O)c1ccccc1-c1oc(C2CCCCC2)nc1C1CC=CCC1. The third-order valence-electron chi connectivity index (χ3n) is 5.81. The van der Waals surface area contributed by atoms with E-state index in [1.807, 2.05) is 12.1 Å². The third kappa shape index (κ3) is 3.88. The van der Waals surface area contributed by atoms with Crippen LogP contribution in [0.1, 0.15) is 74.8 Å². The molecule has 2 aliphatic rings. The predicted octanol–water partition coefficient (Wildman–Crippen LogP) is 5.62. The lowest BCUT2D eigenvalue weighted by Crippen LogP contribution is -2.07. The number of rotatable bonds is 4. The van der Waals surface area contributed by atoms with E-state index in [0.29, 0.717) is 28.1 Å². The van der Waals surface area contributed by atoms with Gasteiger partial charge in [0.25, 0.3) is 0 Å². The molecule has 144 valence electrons. The van der Waals surface area contributed by atoms with Crippen molar-refractivity contribution < 1.29 is 12.8 Å². The van der Waals surface area contributed by atoms with Crippen molar-refractivity contribution in [2.24, 2.45) is 0 Å². The summed E-state index contributed by atoms with van der Waals surface area (Å²) in [6, 6.07) is 7.15. The zero-order valence-electron chi connectivity index (χ0n) is 15.9. The quantitative estimate of drug-likeness (QED) is 0.641. The number of aromatic nitrogens is 1. The summed E-state index contributed by atoms with van der Waals surface area (Å²) in [5, 5.41) is 0. The van der Waals surface area contributed by atoms with Crippen LogP contribution in [0, 0.1) is 0 Å². The molecular formula is C22H27NO3S. The lowest BCUT2D eigenvalue weighted by molar-refractivity contribution is 0.367. The maximum Gasteiger partial charge on any atom is 0.198 e. The van der Waals surface area contributed by atoms with E-state index in [4.69, 9.17) is 9.40 Å². The maximum atomic E-state index is 12.3. The van der Waals surface area contributed by atoms with Crippen molar-refractivity contribution in [2.75, 3.05) is 6.26 Å². The van der Waals surface area contributed by atoms with Crippen molar-refractivity contribution in [1.29, 1.82) is 0 Å². The molecule has 2 aromatic rings. The Kier molecular flexibility index (Phi) is 5.22. The molecule has 5 heteroatoms. The molecule has 1 aromatic carbocycles. The average molecular weight is 386 g/mol. The van der Waals surface area contributed by atoms with Crippen molar-refractivity contribution in [3.8, 4) is 11.3 Å². The van der Waals surface area contributed by atoms with Crippen LogP contribution in [0.4, 0.5) is 0 Å². The highest BCUT2D eigenvalue weighted by molar-refractivity contribution is 7.90. The summed E-state index contributed by atoms with van der Waals surface area (Å²) in [6.07, 6.45) is 14.6. The van der Waals surface area contributed by atoms with Crippen LogP contribution in [0.5, 0.6) is 0 Å². The van der Waals surface area contributed by atoms with Crippen LogP contribution < -0.4 is 0 Å². The minimum absolute atomic E-state index is 0.290. The largest absolute Gasteiger partial charge is 0.440 e. The smallest absolute Gasteiger partial charge is 0.198 e. The number of oxazole rings is 1. The van der Waals surface area contributed by atoms with Gasteiger partial charge in [-0.3, -0.25) is 0 Å². The first-order valence-electron chi connectivity index (χ1n) is 9.99. The monoisotopic (exact) mass is 385 g/mol. The molecule has 1 unspecified atom stereocenters. The van der Waals surface area contributed by atoms with E-state index in [-0.39, 0.29) is 0 Å². The second kappa shape index (κ2) is 7.63. The maximum absolute atomic E-state index is 12.3. The van der Waals surface area contributed by atoms with Crippen LogP contribution in [-0.4, -0.2) is 19.7 Å². The normalized spacial score (nSPS) is 21.4. The highest BCUT2D eigenvalue weighted by atomic mass is 32.2. The summed E-state index contributed by atoms with van der Waals surface area (Å²) in [5.74, 6) is 2.11. The van der Waals surface area contributed by atoms with Gasteiger partial charge >= 0.3 is 0 Å². The molecule has 4 rings (SSSR count). The van der Waals surface area contributed by atoms with Crippen LogP contribution in [0.15, 0.2) is 45.7 Å². The molecule has 0 N–H and O–H groups in total. The number of allylic oxidation sites excluding steroid dienone is 2. The summed E-state index contributed by atoms with van der Waals surface area (Å²) >= 11 is 0. The van der Waals surface area contributed by atoms with E-state index in [9.17, 15) is 8.42 Å². The molecule has 1 saturated carbocycles. The molecule has 1 atom stereocenters. The van der Waals surface area contributed by atoms with Crippen LogP contribution in [0.3, 0.4) is 0 Å². The Bertz CT molecular complexity index is 936. The van der Waals surface area contributed by atoms with Crippen LogP contribution >= 0.6 is 0 Å². The molecule has 0 aliphatic heterocycles. The zero-order valence-corrected chi connectivity index (χ0v) is 16.7. The van der Waals surface area contributed by atoms with E-state index >= 15 is 0 Å². The molecule has 0 saturated heterocycles. The third-order valence-corrected chi connectivity index (χ3v) is 6.97. The van der Waals surface area contributed by atoms with Gasteiger partial charge in [-0.05, 0) is 44.2 Å². The van der Waals surface area contributed by atoms with Gasteiger partial charge in [-0.1, -0.05) is 43.5 Å². The standard InChI is InChI=1S/C22H27NO3S/c1-27(24,25)19-15-9-8-14-18(19)21-20(16-10-4-2-5-11-16)23-22(26-21)17-12-6-3-7-13-17/h2,4,8-9,14-17H,3,5-7,10-13H2,1H3. The Morgan fingerprint density at radius 1 is 1.00 bits per heavy atom. The number of nitrogens with zero attached hydrogens (tertiary/aromatic N) is 1. The van der Waals surface area contributed by atoms with E-state index in [2.05, 4.69) is 12.2 Å². The molecule has 0 spiro atoms. The van der Waals surface area contributed by atoms with Crippen molar-refractivity contribution in [2.45, 2.75) is 68.1 Å². The molecule has 1 fully saturated rings. The fourth-order valence-electron chi connectivity index (χ4n) is 4.36. The van der Waals surface area contributed by atoms with Crippen molar-refractivity contribution in [1.82, 2.24) is 4.98 Å². The average Bonchev–Trinajstić information content (AvgIpc) is 3.14. The Labute approximate surface area is 161 Å². The Balaban J connectivity index is 1.83. The van der Waals surface area contributed by atoms with Gasteiger partial charge in [0.15, 0.2) is 21.5 Å². The first-order valence-corrected chi connectivity index (χ1v) is 11.9. The number of sulfone groups is 1. The second-order valence-corrected chi connectivity index (χ2v) is 9.84. The highest BCUT2D eigenvalue weighted by Crippen LogP contribution is 2.42. The summed E-state index contributed by atoms with van der Waals surface area (Å²) < 4.78 is 31.0. The number of benzene rings is 1. The van der Waals surface area contributed by atoms with Gasteiger partial charge in [0.1, 0.15) is 0 Å². The van der Waals surface area contributed by atoms with Crippen LogP contribution in [0.2, 0.25) is 0 Å². The zero-order chi connectivity index (χ0) is 18.9. The van der Waals surface area contributed by atoms with Gasteiger partial charge in [0.05, 0.1) is 10.6 Å². The minimum atomic E-state index is -3.35. The topological polar surface area (TPSA) is 60.2 Å². The fraction of sp³-hybridized carbons (Fsp3) is 0.500. The van der Waals surface area contributed by atoms with Crippen LogP contribution in [-0.2, 0) is 9.84 Å². The van der Waals surface area contributed by atoms with Crippen molar-refractivity contribution in [3.63, 3.8) is 0 Å². The van der Waals surface area contributed by atoms with Gasteiger partial charge in [-0.25, -0.2) is 13.4 Å². The minimum Gasteiger partial charge on any atom is -0.440 e. The van der Waals surface area contributed by atoms with Gasteiger partial charge in [-0.15, -0.1) is 0 Å². The molecule has 1 heterocycles. The second-order valence-electron chi connectivity index (χ2n) is 7.85. The lowest BCUT2D eigenvalue weighted by Gasteiger charge is -2.18. The molecule has 27 heavy (non-hydrogen) atoms. The summed E-state index contributed by atoms with van der Waals surface area (Å²) in [5.41, 5.74) is 1.59. The molecule has 0 bridgehead atoms. The highest BCUT2D eigenvalue weighted by Gasteiger charge is 2.29. The van der Waals surface area contributed by atoms with Crippen molar-refractivity contribution >= 4 is 9.84 Å². The van der Waals surface area contributed by atoms with Gasteiger partial charge in [-0.2, -0.15) is 0 Å². The van der Waals surface area contributed by atoms with E-state index in [1.54, 1.807) is 12.1 Å². The summed E-state index contributed by atoms with van der Waals surface area (Å²) in [4.78, 5) is 5.28. The molecule has 2 aliphatic carbocycles. The Hall–Kier alpha value is -1.88. The molecule has 0 amide bonds. The summed E-state index contributed by atoms with van der Waals surface area (Å²) in [7, 11) is -3.35. The van der Waals surface area contributed by atoms with Crippen molar-refractivity contribution in [3.05, 3.63) is 48.0 Å². The number of hydrogen-bond acceptors (Lipinski definition) is 4. The predicted molar refractivity (Wildman–Crippen MR) is 107 cm³/mol.